The maximum atomic E-state index is 12.2. The summed E-state index contributed by atoms with van der Waals surface area (Å²) in [5, 5.41) is 2.95. The molecule has 0 saturated heterocycles. The molecule has 6 heteroatoms. The van der Waals surface area contributed by atoms with Crippen molar-refractivity contribution in [2.75, 3.05) is 12.8 Å². The highest BCUT2D eigenvalue weighted by atomic mass is 32.2. The average Bonchev–Trinajstić information content (AvgIpc) is 2.38. The predicted molar refractivity (Wildman–Crippen MR) is 79.4 cm³/mol. The van der Waals surface area contributed by atoms with Crippen molar-refractivity contribution >= 4 is 15.7 Å². The Morgan fingerprint density at radius 1 is 1.30 bits per heavy atom. The van der Waals surface area contributed by atoms with Gasteiger partial charge in [-0.3, -0.25) is 4.79 Å². The predicted octanol–water partition coefficient (Wildman–Crippen LogP) is 1.34. The highest BCUT2D eigenvalue weighted by Crippen LogP contribution is 2.16. The Morgan fingerprint density at radius 3 is 2.25 bits per heavy atom. The van der Waals surface area contributed by atoms with Crippen molar-refractivity contribution in [3.05, 3.63) is 29.8 Å². The minimum Gasteiger partial charge on any atom is -0.347 e. The molecule has 0 aromatic heterocycles. The normalized spacial score (nSPS) is 14.6. The van der Waals surface area contributed by atoms with Crippen LogP contribution in [0.3, 0.4) is 0 Å². The van der Waals surface area contributed by atoms with Crippen molar-refractivity contribution in [3.8, 4) is 0 Å². The lowest BCUT2D eigenvalue weighted by Gasteiger charge is -2.29. The largest absolute Gasteiger partial charge is 0.347 e. The van der Waals surface area contributed by atoms with Gasteiger partial charge >= 0.3 is 0 Å². The third-order valence-electron chi connectivity index (χ3n) is 3.44. The van der Waals surface area contributed by atoms with Gasteiger partial charge in [-0.05, 0) is 50.6 Å². The van der Waals surface area contributed by atoms with E-state index < -0.39 is 9.84 Å². The van der Waals surface area contributed by atoms with Crippen LogP contribution in [0.4, 0.5) is 0 Å². The molecule has 0 radical (unpaired) electrons. The van der Waals surface area contributed by atoms with Crippen LogP contribution in [-0.2, 0) is 9.84 Å². The Morgan fingerprint density at radius 2 is 1.85 bits per heavy atom. The van der Waals surface area contributed by atoms with E-state index in [9.17, 15) is 13.2 Å². The molecule has 112 valence electrons. The fourth-order valence-electron chi connectivity index (χ4n) is 1.85. The molecule has 0 saturated carbocycles. The van der Waals surface area contributed by atoms with E-state index in [2.05, 4.69) is 5.32 Å². The Balaban J connectivity index is 2.88. The van der Waals surface area contributed by atoms with E-state index in [1.54, 1.807) is 0 Å². The zero-order chi connectivity index (χ0) is 15.4. The first-order valence-corrected chi connectivity index (χ1v) is 8.44. The number of sulfone groups is 1. The van der Waals surface area contributed by atoms with Gasteiger partial charge in [0.25, 0.3) is 5.91 Å². The molecule has 20 heavy (non-hydrogen) atoms. The molecule has 0 heterocycles. The van der Waals surface area contributed by atoms with Crippen molar-refractivity contribution in [2.24, 2.45) is 5.73 Å². The average molecular weight is 298 g/mol. The molecule has 5 nitrogen and oxygen atoms in total. The molecule has 3 N–H and O–H groups in total. The summed E-state index contributed by atoms with van der Waals surface area (Å²) < 4.78 is 22.7. The smallest absolute Gasteiger partial charge is 0.251 e. The van der Waals surface area contributed by atoms with E-state index in [0.29, 0.717) is 18.5 Å². The second-order valence-electron chi connectivity index (χ2n) is 5.20. The topological polar surface area (TPSA) is 89.3 Å². The van der Waals surface area contributed by atoms with Crippen LogP contribution in [0.25, 0.3) is 0 Å². The molecule has 1 atom stereocenters. The fourth-order valence-corrected chi connectivity index (χ4v) is 2.48. The van der Waals surface area contributed by atoms with Crippen LogP contribution < -0.4 is 11.1 Å². The summed E-state index contributed by atoms with van der Waals surface area (Å²) >= 11 is 0. The van der Waals surface area contributed by atoms with Gasteiger partial charge in [-0.1, -0.05) is 6.92 Å². The number of carbonyl (C=O) groups is 1. The molecule has 0 aliphatic rings. The minimum absolute atomic E-state index is 0.203. The van der Waals surface area contributed by atoms with E-state index in [1.807, 2.05) is 13.8 Å². The fraction of sp³-hybridized carbons (Fsp3) is 0.500. The number of nitrogens with two attached hydrogens (primary N) is 1. The summed E-state index contributed by atoms with van der Waals surface area (Å²) in [5.74, 6) is -0.220. The van der Waals surface area contributed by atoms with Gasteiger partial charge in [0, 0.05) is 17.4 Å². The Bertz CT molecular complexity index is 567. The van der Waals surface area contributed by atoms with Crippen LogP contribution in [0.2, 0.25) is 0 Å². The maximum Gasteiger partial charge on any atom is 0.251 e. The molecule has 1 rings (SSSR count). The van der Waals surface area contributed by atoms with Gasteiger partial charge < -0.3 is 11.1 Å². The summed E-state index contributed by atoms with van der Waals surface area (Å²) in [5.41, 5.74) is 5.65. The number of rotatable bonds is 6. The van der Waals surface area contributed by atoms with Crippen LogP contribution in [0.1, 0.15) is 37.0 Å². The van der Waals surface area contributed by atoms with Crippen molar-refractivity contribution in [3.63, 3.8) is 0 Å². The molecule has 0 bridgehead atoms. The van der Waals surface area contributed by atoms with E-state index in [1.165, 1.54) is 24.3 Å². The number of hydrogen-bond donors (Lipinski definition) is 2. The van der Waals surface area contributed by atoms with E-state index in [4.69, 9.17) is 5.73 Å². The molecule has 0 aliphatic carbocycles. The van der Waals surface area contributed by atoms with Crippen molar-refractivity contribution < 1.29 is 13.2 Å². The van der Waals surface area contributed by atoms with Gasteiger partial charge in [-0.25, -0.2) is 8.42 Å². The molecule has 1 aromatic carbocycles. The van der Waals surface area contributed by atoms with Crippen molar-refractivity contribution in [1.82, 2.24) is 5.32 Å². The van der Waals surface area contributed by atoms with Crippen LogP contribution >= 0.6 is 0 Å². The standard InChI is InChI=1S/C14H22N2O3S/c1-4-14(2,9-10-15)16-13(17)11-5-7-12(8-6-11)20(3,18)19/h5-8H,4,9-10,15H2,1-3H3,(H,16,17). The SMILES string of the molecule is CCC(C)(CCN)NC(=O)c1ccc(S(C)(=O)=O)cc1. The maximum absolute atomic E-state index is 12.2. The lowest BCUT2D eigenvalue weighted by atomic mass is 9.94. The van der Waals surface area contributed by atoms with Gasteiger partial charge in [0.1, 0.15) is 0 Å². The summed E-state index contributed by atoms with van der Waals surface area (Å²) in [6, 6.07) is 5.92. The monoisotopic (exact) mass is 298 g/mol. The quantitative estimate of drug-likeness (QED) is 0.829. The first kappa shape index (κ1) is 16.7. The van der Waals surface area contributed by atoms with E-state index in [-0.39, 0.29) is 16.3 Å². The van der Waals surface area contributed by atoms with E-state index in [0.717, 1.165) is 12.7 Å². The second-order valence-corrected chi connectivity index (χ2v) is 7.22. The first-order valence-electron chi connectivity index (χ1n) is 6.54. The first-order chi connectivity index (χ1) is 9.22. The number of amides is 1. The zero-order valence-corrected chi connectivity index (χ0v) is 13.0. The van der Waals surface area contributed by atoms with Gasteiger partial charge in [-0.15, -0.1) is 0 Å². The van der Waals surface area contributed by atoms with Crippen LogP contribution in [0, 0.1) is 0 Å². The molecule has 0 fully saturated rings. The Hall–Kier alpha value is -1.40. The number of carbonyl (C=O) groups excluding carboxylic acids is 1. The third-order valence-corrected chi connectivity index (χ3v) is 4.56. The molecular weight excluding hydrogens is 276 g/mol. The number of benzene rings is 1. The highest BCUT2D eigenvalue weighted by molar-refractivity contribution is 7.90. The van der Waals surface area contributed by atoms with Crippen LogP contribution in [0.5, 0.6) is 0 Å². The van der Waals surface area contributed by atoms with Crippen LogP contribution in [0.15, 0.2) is 29.2 Å². The Labute approximate surface area is 120 Å². The molecule has 0 aliphatic heterocycles. The van der Waals surface area contributed by atoms with Gasteiger partial charge in [-0.2, -0.15) is 0 Å². The third kappa shape index (κ3) is 4.31. The van der Waals surface area contributed by atoms with Gasteiger partial charge in [0.15, 0.2) is 9.84 Å². The van der Waals surface area contributed by atoms with Crippen molar-refractivity contribution in [2.45, 2.75) is 37.1 Å². The summed E-state index contributed by atoms with van der Waals surface area (Å²) in [6.07, 6.45) is 2.60. The summed E-state index contributed by atoms with van der Waals surface area (Å²) in [7, 11) is -3.24. The lowest BCUT2D eigenvalue weighted by molar-refractivity contribution is 0.0900. The molecule has 1 unspecified atom stereocenters. The Kier molecular flexibility index (Phi) is 5.30. The number of nitrogens with one attached hydrogen (secondary N) is 1. The van der Waals surface area contributed by atoms with Crippen LogP contribution in [-0.4, -0.2) is 32.7 Å². The lowest BCUT2D eigenvalue weighted by Crippen LogP contribution is -2.46. The molecule has 1 aromatic rings. The second kappa shape index (κ2) is 6.37. The van der Waals surface area contributed by atoms with Gasteiger partial charge in [0.2, 0.25) is 0 Å². The highest BCUT2D eigenvalue weighted by Gasteiger charge is 2.24. The van der Waals surface area contributed by atoms with Crippen molar-refractivity contribution in [1.29, 1.82) is 0 Å². The zero-order valence-electron chi connectivity index (χ0n) is 12.1. The minimum atomic E-state index is -3.24. The molecular formula is C14H22N2O3S. The van der Waals surface area contributed by atoms with E-state index >= 15 is 0 Å². The van der Waals surface area contributed by atoms with Gasteiger partial charge in [0.05, 0.1) is 4.90 Å². The molecule has 0 spiro atoms. The molecule has 1 amide bonds. The summed E-state index contributed by atoms with van der Waals surface area (Å²) in [6.45, 7) is 4.43. The summed E-state index contributed by atoms with van der Waals surface area (Å²) in [4.78, 5) is 12.4. The number of hydrogen-bond acceptors (Lipinski definition) is 4.